The van der Waals surface area contributed by atoms with E-state index < -0.39 is 0 Å². The van der Waals surface area contributed by atoms with E-state index in [4.69, 9.17) is 0 Å². The molecule has 0 aromatic heterocycles. The lowest BCUT2D eigenvalue weighted by atomic mass is 10.1. The van der Waals surface area contributed by atoms with E-state index in [0.717, 1.165) is 30.1 Å². The van der Waals surface area contributed by atoms with Gasteiger partial charge in [0.1, 0.15) is 0 Å². The predicted molar refractivity (Wildman–Crippen MR) is 117 cm³/mol. The monoisotopic (exact) mass is 388 g/mol. The lowest BCUT2D eigenvalue weighted by molar-refractivity contribution is 0.0940. The Morgan fingerprint density at radius 2 is 1.75 bits per heavy atom. The van der Waals surface area contributed by atoms with Gasteiger partial charge in [-0.2, -0.15) is 0 Å². The summed E-state index contributed by atoms with van der Waals surface area (Å²) in [6.07, 6.45) is 0. The lowest BCUT2D eigenvalue weighted by Crippen LogP contribution is -2.30. The van der Waals surface area contributed by atoms with Gasteiger partial charge < -0.3 is 10.2 Å². The molecular formula is C24H24N2OS. The molecule has 0 aliphatic carbocycles. The molecule has 4 heteroatoms. The first-order valence-corrected chi connectivity index (χ1v) is 10.6. The van der Waals surface area contributed by atoms with Gasteiger partial charge in [0.2, 0.25) is 0 Å². The average molecular weight is 389 g/mol. The van der Waals surface area contributed by atoms with Crippen LogP contribution in [0.25, 0.3) is 0 Å². The van der Waals surface area contributed by atoms with E-state index in [9.17, 15) is 4.79 Å². The van der Waals surface area contributed by atoms with E-state index in [-0.39, 0.29) is 11.9 Å². The Kier molecular flexibility index (Phi) is 5.68. The summed E-state index contributed by atoms with van der Waals surface area (Å²) in [5.41, 5.74) is 4.25. The SMILES string of the molecule is C[C@H](NC(=O)c1ccc2c(c1)N(Cc1ccccc1)CCS2)c1ccccc1. The molecule has 0 saturated heterocycles. The number of carbonyl (C=O) groups excluding carboxylic acids is 1. The van der Waals surface area contributed by atoms with Gasteiger partial charge in [-0.15, -0.1) is 11.8 Å². The maximum Gasteiger partial charge on any atom is 0.251 e. The number of amides is 1. The maximum atomic E-state index is 12.8. The molecule has 3 aromatic carbocycles. The van der Waals surface area contributed by atoms with Gasteiger partial charge in [-0.3, -0.25) is 4.79 Å². The molecule has 1 aliphatic heterocycles. The van der Waals surface area contributed by atoms with Crippen LogP contribution in [0.4, 0.5) is 5.69 Å². The van der Waals surface area contributed by atoms with Crippen molar-refractivity contribution in [2.75, 3.05) is 17.2 Å². The Bertz CT molecular complexity index is 943. The van der Waals surface area contributed by atoms with Gasteiger partial charge in [-0.25, -0.2) is 0 Å². The quantitative estimate of drug-likeness (QED) is 0.644. The Morgan fingerprint density at radius 1 is 1.04 bits per heavy atom. The number of rotatable bonds is 5. The van der Waals surface area contributed by atoms with Crippen molar-refractivity contribution in [1.82, 2.24) is 5.32 Å². The summed E-state index contributed by atoms with van der Waals surface area (Å²) in [6.45, 7) is 3.86. The summed E-state index contributed by atoms with van der Waals surface area (Å²) in [5.74, 6) is 1.03. The fourth-order valence-corrected chi connectivity index (χ4v) is 4.52. The number of thioether (sulfide) groups is 1. The van der Waals surface area contributed by atoms with Crippen molar-refractivity contribution >= 4 is 23.4 Å². The van der Waals surface area contributed by atoms with E-state index in [2.05, 4.69) is 40.5 Å². The van der Waals surface area contributed by atoms with Crippen molar-refractivity contribution in [2.45, 2.75) is 24.4 Å². The molecule has 1 heterocycles. The molecule has 1 atom stereocenters. The zero-order chi connectivity index (χ0) is 19.3. The van der Waals surface area contributed by atoms with E-state index >= 15 is 0 Å². The second-order valence-electron chi connectivity index (χ2n) is 7.04. The van der Waals surface area contributed by atoms with Gasteiger partial charge in [0.15, 0.2) is 0 Å². The minimum atomic E-state index is -0.0330. The molecule has 0 fully saturated rings. The first-order chi connectivity index (χ1) is 13.7. The number of nitrogens with zero attached hydrogens (tertiary/aromatic N) is 1. The van der Waals surface area contributed by atoms with Gasteiger partial charge in [-0.1, -0.05) is 60.7 Å². The Balaban J connectivity index is 1.53. The molecule has 1 amide bonds. The lowest BCUT2D eigenvalue weighted by Gasteiger charge is -2.31. The Morgan fingerprint density at radius 3 is 2.50 bits per heavy atom. The molecule has 3 nitrogen and oxygen atoms in total. The number of fused-ring (bicyclic) bond motifs is 1. The molecule has 0 radical (unpaired) electrons. The van der Waals surface area contributed by atoms with Crippen LogP contribution in [-0.4, -0.2) is 18.2 Å². The van der Waals surface area contributed by atoms with Crippen molar-refractivity contribution < 1.29 is 4.79 Å². The highest BCUT2D eigenvalue weighted by molar-refractivity contribution is 7.99. The van der Waals surface area contributed by atoms with Crippen LogP contribution in [0.1, 0.15) is 34.5 Å². The molecule has 1 N–H and O–H groups in total. The van der Waals surface area contributed by atoms with Crippen LogP contribution in [0, 0.1) is 0 Å². The van der Waals surface area contributed by atoms with Gasteiger partial charge in [0, 0.05) is 29.3 Å². The minimum absolute atomic E-state index is 0.0282. The van der Waals surface area contributed by atoms with E-state index in [1.165, 1.54) is 10.5 Å². The Hall–Kier alpha value is -2.72. The smallest absolute Gasteiger partial charge is 0.251 e. The summed E-state index contributed by atoms with van der Waals surface area (Å²) in [5, 5.41) is 3.12. The standard InChI is InChI=1S/C24H24N2OS/c1-18(20-10-6-3-7-11-20)25-24(27)21-12-13-23-22(16-21)26(14-15-28-23)17-19-8-4-2-5-9-19/h2-13,16,18H,14-15,17H2,1H3,(H,25,27)/t18-/m0/s1. The number of hydrogen-bond donors (Lipinski definition) is 1. The van der Waals surface area contributed by atoms with Gasteiger partial charge in [0.25, 0.3) is 5.91 Å². The summed E-state index contributed by atoms with van der Waals surface area (Å²) in [6, 6.07) is 26.6. The molecule has 0 bridgehead atoms. The largest absolute Gasteiger partial charge is 0.365 e. The number of benzene rings is 3. The number of anilines is 1. The number of nitrogens with one attached hydrogen (secondary N) is 1. The zero-order valence-corrected chi connectivity index (χ0v) is 16.8. The summed E-state index contributed by atoms with van der Waals surface area (Å²) < 4.78 is 0. The molecule has 4 rings (SSSR count). The van der Waals surface area contributed by atoms with Crippen LogP contribution in [0.5, 0.6) is 0 Å². The fourth-order valence-electron chi connectivity index (χ4n) is 3.49. The Labute approximate surface area is 170 Å². The van der Waals surface area contributed by atoms with Gasteiger partial charge in [0.05, 0.1) is 11.7 Å². The normalized spacial score (nSPS) is 14.2. The highest BCUT2D eigenvalue weighted by atomic mass is 32.2. The first kappa shape index (κ1) is 18.6. The highest BCUT2D eigenvalue weighted by Gasteiger charge is 2.20. The van der Waals surface area contributed by atoms with Crippen LogP contribution in [-0.2, 0) is 6.54 Å². The topological polar surface area (TPSA) is 32.3 Å². The second-order valence-corrected chi connectivity index (χ2v) is 8.18. The summed E-state index contributed by atoms with van der Waals surface area (Å²) >= 11 is 1.86. The minimum Gasteiger partial charge on any atom is -0.365 e. The van der Waals surface area contributed by atoms with Crippen LogP contribution < -0.4 is 10.2 Å². The van der Waals surface area contributed by atoms with Gasteiger partial charge >= 0.3 is 0 Å². The molecular weight excluding hydrogens is 364 g/mol. The molecule has 0 unspecified atom stereocenters. The second kappa shape index (κ2) is 8.53. The van der Waals surface area contributed by atoms with Crippen molar-refractivity contribution in [2.24, 2.45) is 0 Å². The third kappa shape index (κ3) is 4.23. The molecule has 0 saturated carbocycles. The highest BCUT2D eigenvalue weighted by Crippen LogP contribution is 2.36. The number of carbonyl (C=O) groups is 1. The maximum absolute atomic E-state index is 12.8. The van der Waals surface area contributed by atoms with Crippen molar-refractivity contribution in [3.05, 3.63) is 95.6 Å². The molecule has 3 aromatic rings. The van der Waals surface area contributed by atoms with Crippen LogP contribution in [0.3, 0.4) is 0 Å². The predicted octanol–water partition coefficient (Wildman–Crippen LogP) is 5.29. The van der Waals surface area contributed by atoms with Crippen molar-refractivity contribution in [1.29, 1.82) is 0 Å². The van der Waals surface area contributed by atoms with E-state index in [1.54, 1.807) is 0 Å². The third-order valence-corrected chi connectivity index (χ3v) is 6.09. The third-order valence-electron chi connectivity index (χ3n) is 5.04. The average Bonchev–Trinajstić information content (AvgIpc) is 2.75. The van der Waals surface area contributed by atoms with E-state index in [0.29, 0.717) is 5.56 Å². The zero-order valence-electron chi connectivity index (χ0n) is 16.0. The first-order valence-electron chi connectivity index (χ1n) is 9.62. The number of hydrogen-bond acceptors (Lipinski definition) is 3. The van der Waals surface area contributed by atoms with Crippen LogP contribution in [0.2, 0.25) is 0 Å². The summed E-state index contributed by atoms with van der Waals surface area (Å²) in [7, 11) is 0. The molecule has 0 spiro atoms. The molecule has 142 valence electrons. The van der Waals surface area contributed by atoms with Crippen molar-refractivity contribution in [3.8, 4) is 0 Å². The van der Waals surface area contributed by atoms with Crippen LogP contribution >= 0.6 is 11.8 Å². The molecule has 28 heavy (non-hydrogen) atoms. The summed E-state index contributed by atoms with van der Waals surface area (Å²) in [4.78, 5) is 16.5. The van der Waals surface area contributed by atoms with Gasteiger partial charge in [-0.05, 0) is 36.2 Å². The molecule has 1 aliphatic rings. The fraction of sp³-hybridized carbons (Fsp3) is 0.208. The van der Waals surface area contributed by atoms with Crippen LogP contribution in [0.15, 0.2) is 83.8 Å². The van der Waals surface area contributed by atoms with E-state index in [1.807, 2.05) is 67.2 Å². The van der Waals surface area contributed by atoms with Crippen molar-refractivity contribution in [3.63, 3.8) is 0 Å².